The highest BCUT2D eigenvalue weighted by Crippen LogP contribution is 2.27. The summed E-state index contributed by atoms with van der Waals surface area (Å²) in [5.74, 6) is 1.73. The van der Waals surface area contributed by atoms with Gasteiger partial charge in [-0.15, -0.1) is 0 Å². The molecular weight excluding hydrogens is 285 g/mol. The van der Waals surface area contributed by atoms with Crippen LogP contribution in [0.15, 0.2) is 42.5 Å². The van der Waals surface area contributed by atoms with E-state index in [9.17, 15) is 0 Å². The van der Waals surface area contributed by atoms with Crippen molar-refractivity contribution >= 4 is 40.7 Å². The topological polar surface area (TPSA) is 26.0 Å². The zero-order chi connectivity index (χ0) is 13.0. The summed E-state index contributed by atoms with van der Waals surface area (Å²) in [7, 11) is 0. The molecule has 0 atom stereocenters. The van der Waals surface area contributed by atoms with Gasteiger partial charge in [-0.05, 0) is 29.3 Å². The van der Waals surface area contributed by atoms with Crippen LogP contribution in [-0.2, 0) is 11.5 Å². The maximum Gasteiger partial charge on any atom is 0.0466 e. The van der Waals surface area contributed by atoms with Crippen LogP contribution in [0.3, 0.4) is 0 Å². The van der Waals surface area contributed by atoms with E-state index in [1.807, 2.05) is 36.4 Å². The van der Waals surface area contributed by atoms with E-state index in [0.29, 0.717) is 5.69 Å². The molecule has 0 spiro atoms. The highest BCUT2D eigenvalue weighted by Gasteiger charge is 2.03. The van der Waals surface area contributed by atoms with Crippen LogP contribution in [0, 0.1) is 0 Å². The van der Waals surface area contributed by atoms with E-state index in [0.717, 1.165) is 32.7 Å². The van der Waals surface area contributed by atoms with Gasteiger partial charge < -0.3 is 5.73 Å². The van der Waals surface area contributed by atoms with Gasteiger partial charge in [-0.25, -0.2) is 0 Å². The Morgan fingerprint density at radius 2 is 1.56 bits per heavy atom. The Hall–Kier alpha value is -0.830. The summed E-state index contributed by atoms with van der Waals surface area (Å²) in [6.45, 7) is 0. The largest absolute Gasteiger partial charge is 0.399 e. The maximum absolute atomic E-state index is 6.12. The molecule has 0 amide bonds. The van der Waals surface area contributed by atoms with Crippen LogP contribution in [0.2, 0.25) is 10.0 Å². The Morgan fingerprint density at radius 1 is 0.889 bits per heavy atom. The second-order valence-electron chi connectivity index (χ2n) is 3.94. The minimum Gasteiger partial charge on any atom is -0.399 e. The van der Waals surface area contributed by atoms with E-state index in [2.05, 4.69) is 0 Å². The van der Waals surface area contributed by atoms with Gasteiger partial charge in [-0.3, -0.25) is 0 Å². The highest BCUT2D eigenvalue weighted by molar-refractivity contribution is 7.97. The van der Waals surface area contributed by atoms with E-state index < -0.39 is 0 Å². The molecule has 0 heterocycles. The van der Waals surface area contributed by atoms with Crippen LogP contribution in [0.4, 0.5) is 5.69 Å². The summed E-state index contributed by atoms with van der Waals surface area (Å²) in [6.07, 6.45) is 0. The molecule has 0 fully saturated rings. The smallest absolute Gasteiger partial charge is 0.0466 e. The van der Waals surface area contributed by atoms with Crippen molar-refractivity contribution in [2.75, 3.05) is 5.73 Å². The fraction of sp³-hybridized carbons (Fsp3) is 0.143. The molecule has 2 aromatic carbocycles. The third-order valence-corrected chi connectivity index (χ3v) is 4.30. The first-order chi connectivity index (χ1) is 8.66. The Kier molecular flexibility index (Phi) is 4.81. The van der Waals surface area contributed by atoms with Gasteiger partial charge in [0.15, 0.2) is 0 Å². The molecule has 94 valence electrons. The molecule has 18 heavy (non-hydrogen) atoms. The third kappa shape index (κ3) is 3.58. The monoisotopic (exact) mass is 297 g/mol. The summed E-state index contributed by atoms with van der Waals surface area (Å²) in [4.78, 5) is 0. The molecule has 0 saturated carbocycles. The number of hydrogen-bond acceptors (Lipinski definition) is 2. The van der Waals surface area contributed by atoms with Crippen LogP contribution in [-0.4, -0.2) is 0 Å². The van der Waals surface area contributed by atoms with Crippen molar-refractivity contribution in [3.05, 3.63) is 63.6 Å². The minimum atomic E-state index is 0.694. The maximum atomic E-state index is 6.12. The Balaban J connectivity index is 1.95. The number of benzene rings is 2. The summed E-state index contributed by atoms with van der Waals surface area (Å²) < 4.78 is 0. The molecule has 0 saturated heterocycles. The third-order valence-electron chi connectivity index (χ3n) is 2.55. The fourth-order valence-corrected chi connectivity index (χ4v) is 3.23. The van der Waals surface area contributed by atoms with Crippen LogP contribution in [0.5, 0.6) is 0 Å². The average Bonchev–Trinajstić information content (AvgIpc) is 2.34. The lowest BCUT2D eigenvalue weighted by Crippen LogP contribution is -1.89. The molecule has 0 bridgehead atoms. The average molecular weight is 298 g/mol. The summed E-state index contributed by atoms with van der Waals surface area (Å²) in [5, 5.41) is 1.54. The Bertz CT molecular complexity index is 543. The molecule has 2 N–H and O–H groups in total. The van der Waals surface area contributed by atoms with Gasteiger partial charge in [0.05, 0.1) is 0 Å². The second-order valence-corrected chi connectivity index (χ2v) is 5.74. The van der Waals surface area contributed by atoms with Gasteiger partial charge in [-0.2, -0.15) is 11.8 Å². The lowest BCUT2D eigenvalue weighted by Gasteiger charge is -2.06. The molecule has 2 aromatic rings. The van der Waals surface area contributed by atoms with Crippen LogP contribution >= 0.6 is 35.0 Å². The molecular formula is C14H13Cl2NS. The van der Waals surface area contributed by atoms with Crippen molar-refractivity contribution in [2.24, 2.45) is 0 Å². The highest BCUT2D eigenvalue weighted by atomic mass is 35.5. The lowest BCUT2D eigenvalue weighted by atomic mass is 10.2. The number of thioether (sulfide) groups is 1. The minimum absolute atomic E-state index is 0.694. The van der Waals surface area contributed by atoms with E-state index in [-0.39, 0.29) is 0 Å². The quantitative estimate of drug-likeness (QED) is 0.803. The number of nitrogens with two attached hydrogens (primary N) is 1. The molecule has 0 aliphatic heterocycles. The van der Waals surface area contributed by atoms with E-state index in [4.69, 9.17) is 28.9 Å². The molecule has 4 heteroatoms. The first-order valence-electron chi connectivity index (χ1n) is 5.52. The molecule has 0 aliphatic rings. The van der Waals surface area contributed by atoms with Crippen molar-refractivity contribution in [2.45, 2.75) is 11.5 Å². The Morgan fingerprint density at radius 3 is 2.22 bits per heavy atom. The number of nitrogen functional groups attached to an aromatic ring is 1. The van der Waals surface area contributed by atoms with Crippen molar-refractivity contribution in [3.63, 3.8) is 0 Å². The molecule has 1 nitrogen and oxygen atoms in total. The normalized spacial score (nSPS) is 10.6. The van der Waals surface area contributed by atoms with Crippen LogP contribution < -0.4 is 5.73 Å². The van der Waals surface area contributed by atoms with E-state index in [1.54, 1.807) is 17.8 Å². The van der Waals surface area contributed by atoms with E-state index in [1.165, 1.54) is 0 Å². The molecule has 0 aromatic heterocycles. The van der Waals surface area contributed by atoms with Gasteiger partial charge in [0.1, 0.15) is 0 Å². The summed E-state index contributed by atoms with van der Waals surface area (Å²) in [6, 6.07) is 13.5. The molecule has 2 rings (SSSR count). The van der Waals surface area contributed by atoms with Crippen LogP contribution in [0.1, 0.15) is 11.1 Å². The van der Waals surface area contributed by atoms with Crippen LogP contribution in [0.25, 0.3) is 0 Å². The number of hydrogen-bond donors (Lipinski definition) is 1. The molecule has 0 unspecified atom stereocenters. The Labute approximate surface area is 121 Å². The summed E-state index contributed by atoms with van der Waals surface area (Å²) >= 11 is 14.0. The van der Waals surface area contributed by atoms with E-state index >= 15 is 0 Å². The van der Waals surface area contributed by atoms with Crippen molar-refractivity contribution in [1.29, 1.82) is 0 Å². The second kappa shape index (κ2) is 6.37. The van der Waals surface area contributed by atoms with Gasteiger partial charge in [-0.1, -0.05) is 47.5 Å². The van der Waals surface area contributed by atoms with Crippen molar-refractivity contribution < 1.29 is 0 Å². The predicted octanol–water partition coefficient (Wildman–Crippen LogP) is 5.01. The number of halogens is 2. The summed E-state index contributed by atoms with van der Waals surface area (Å²) in [5.41, 5.74) is 8.60. The molecule has 0 radical (unpaired) electrons. The zero-order valence-corrected chi connectivity index (χ0v) is 12.0. The lowest BCUT2D eigenvalue weighted by molar-refractivity contribution is 1.36. The van der Waals surface area contributed by atoms with Gasteiger partial charge in [0.25, 0.3) is 0 Å². The standard InChI is InChI=1S/C14H13Cl2NS/c15-13-4-2-1-3-10(13)8-18-9-11-5-6-12(17)7-14(11)16/h1-7H,8-9,17H2. The van der Waals surface area contributed by atoms with Gasteiger partial charge >= 0.3 is 0 Å². The fourth-order valence-electron chi connectivity index (χ4n) is 1.57. The first-order valence-corrected chi connectivity index (χ1v) is 7.43. The SMILES string of the molecule is Nc1ccc(CSCc2ccccc2Cl)c(Cl)c1. The first kappa shape index (κ1) is 13.6. The van der Waals surface area contributed by atoms with Crippen molar-refractivity contribution in [1.82, 2.24) is 0 Å². The van der Waals surface area contributed by atoms with Gasteiger partial charge in [0.2, 0.25) is 0 Å². The number of rotatable bonds is 4. The van der Waals surface area contributed by atoms with Gasteiger partial charge in [0, 0.05) is 27.2 Å². The number of anilines is 1. The van der Waals surface area contributed by atoms with Crippen molar-refractivity contribution in [3.8, 4) is 0 Å². The predicted molar refractivity (Wildman–Crippen MR) is 82.3 cm³/mol. The zero-order valence-electron chi connectivity index (χ0n) is 9.70. The molecule has 0 aliphatic carbocycles.